The van der Waals surface area contributed by atoms with Gasteiger partial charge in [0, 0.05) is 18.4 Å². The predicted molar refractivity (Wildman–Crippen MR) is 73.8 cm³/mol. The van der Waals surface area contributed by atoms with Crippen molar-refractivity contribution in [2.75, 3.05) is 20.8 Å². The number of hydrogen-bond donors (Lipinski definition) is 1. The van der Waals surface area contributed by atoms with Crippen LogP contribution >= 0.6 is 0 Å². The van der Waals surface area contributed by atoms with Gasteiger partial charge in [0.05, 0.1) is 20.5 Å². The minimum atomic E-state index is 0.159. The van der Waals surface area contributed by atoms with Crippen molar-refractivity contribution >= 4 is 0 Å². The number of methoxy groups -OCH3 is 2. The van der Waals surface area contributed by atoms with Crippen molar-refractivity contribution < 1.29 is 13.9 Å². The smallest absolute Gasteiger partial charge is 0.126 e. The Kier molecular flexibility index (Phi) is 4.47. The minimum absolute atomic E-state index is 0.159. The average molecular weight is 261 g/mol. The largest absolute Gasteiger partial charge is 0.497 e. The molecule has 4 nitrogen and oxygen atoms in total. The zero-order chi connectivity index (χ0) is 13.7. The lowest BCUT2D eigenvalue weighted by molar-refractivity contribution is 0.386. The fourth-order valence-corrected chi connectivity index (χ4v) is 2.15. The van der Waals surface area contributed by atoms with Gasteiger partial charge in [0.25, 0.3) is 0 Å². The molecule has 0 radical (unpaired) electrons. The van der Waals surface area contributed by atoms with Gasteiger partial charge in [-0.15, -0.1) is 0 Å². The zero-order valence-electron chi connectivity index (χ0n) is 11.3. The van der Waals surface area contributed by atoms with Crippen molar-refractivity contribution in [1.82, 2.24) is 0 Å². The molecule has 0 saturated carbocycles. The third-order valence-electron chi connectivity index (χ3n) is 3.19. The Morgan fingerprint density at radius 1 is 1.21 bits per heavy atom. The van der Waals surface area contributed by atoms with E-state index in [1.54, 1.807) is 20.5 Å². The lowest BCUT2D eigenvalue weighted by Crippen LogP contribution is -2.15. The molecule has 1 unspecified atom stereocenters. The third kappa shape index (κ3) is 3.09. The van der Waals surface area contributed by atoms with Crippen molar-refractivity contribution in [3.8, 4) is 11.5 Å². The van der Waals surface area contributed by atoms with E-state index in [0.717, 1.165) is 29.2 Å². The molecule has 19 heavy (non-hydrogen) atoms. The van der Waals surface area contributed by atoms with E-state index in [-0.39, 0.29) is 5.92 Å². The van der Waals surface area contributed by atoms with E-state index in [0.29, 0.717) is 6.54 Å². The Morgan fingerprint density at radius 3 is 2.63 bits per heavy atom. The molecular formula is C15H19NO3. The molecule has 4 heteroatoms. The van der Waals surface area contributed by atoms with Gasteiger partial charge in [0.1, 0.15) is 17.3 Å². The molecule has 2 N–H and O–H groups in total. The Hall–Kier alpha value is -1.94. The highest BCUT2D eigenvalue weighted by Gasteiger charge is 2.17. The van der Waals surface area contributed by atoms with Crippen LogP contribution in [0.3, 0.4) is 0 Å². The fourth-order valence-electron chi connectivity index (χ4n) is 2.15. The van der Waals surface area contributed by atoms with Gasteiger partial charge in [0.2, 0.25) is 0 Å². The molecule has 0 amide bonds. The number of rotatable bonds is 6. The number of benzene rings is 1. The van der Waals surface area contributed by atoms with Gasteiger partial charge in [-0.05, 0) is 30.3 Å². The molecule has 102 valence electrons. The molecule has 1 aromatic carbocycles. The summed E-state index contributed by atoms with van der Waals surface area (Å²) in [7, 11) is 3.29. The van der Waals surface area contributed by atoms with E-state index in [1.165, 1.54) is 0 Å². The maximum atomic E-state index is 5.89. The summed E-state index contributed by atoms with van der Waals surface area (Å²) in [5.41, 5.74) is 6.96. The van der Waals surface area contributed by atoms with Gasteiger partial charge in [-0.25, -0.2) is 0 Å². The van der Waals surface area contributed by atoms with Crippen LogP contribution in [0.4, 0.5) is 0 Å². The molecule has 0 bridgehead atoms. The normalized spacial score (nSPS) is 12.2. The third-order valence-corrected chi connectivity index (χ3v) is 3.19. The lowest BCUT2D eigenvalue weighted by Gasteiger charge is -2.18. The first-order valence-corrected chi connectivity index (χ1v) is 6.22. The highest BCUT2D eigenvalue weighted by atomic mass is 16.5. The highest BCUT2D eigenvalue weighted by Crippen LogP contribution is 2.32. The van der Waals surface area contributed by atoms with Gasteiger partial charge in [-0.1, -0.05) is 6.07 Å². The Bertz CT molecular complexity index is 508. The summed E-state index contributed by atoms with van der Waals surface area (Å²) >= 11 is 0. The first-order chi connectivity index (χ1) is 9.28. The van der Waals surface area contributed by atoms with Gasteiger partial charge < -0.3 is 19.6 Å². The topological polar surface area (TPSA) is 57.6 Å². The zero-order valence-corrected chi connectivity index (χ0v) is 11.3. The van der Waals surface area contributed by atoms with Gasteiger partial charge in [-0.2, -0.15) is 0 Å². The van der Waals surface area contributed by atoms with Crippen LogP contribution in [0, 0.1) is 0 Å². The van der Waals surface area contributed by atoms with Crippen LogP contribution in [0.5, 0.6) is 11.5 Å². The second-order valence-corrected chi connectivity index (χ2v) is 4.32. The number of hydrogen-bond acceptors (Lipinski definition) is 4. The Morgan fingerprint density at radius 2 is 2.05 bits per heavy atom. The maximum Gasteiger partial charge on any atom is 0.126 e. The molecule has 0 saturated heterocycles. The van der Waals surface area contributed by atoms with E-state index >= 15 is 0 Å². The Labute approximate surface area is 113 Å². The van der Waals surface area contributed by atoms with Gasteiger partial charge in [-0.3, -0.25) is 0 Å². The standard InChI is InChI=1S/C15H19NO3/c1-17-12-5-6-14(15(9-12)18-2)11(10-16)8-13-4-3-7-19-13/h3-7,9,11H,8,10,16H2,1-2H3. The molecule has 0 aliphatic heterocycles. The van der Waals surface area contributed by atoms with E-state index in [9.17, 15) is 0 Å². The summed E-state index contributed by atoms with van der Waals surface area (Å²) in [5.74, 6) is 2.65. The number of furan rings is 1. The van der Waals surface area contributed by atoms with Crippen LogP contribution in [0.25, 0.3) is 0 Å². The lowest BCUT2D eigenvalue weighted by atomic mass is 9.93. The van der Waals surface area contributed by atoms with Crippen LogP contribution < -0.4 is 15.2 Å². The van der Waals surface area contributed by atoms with Crippen LogP contribution in [-0.2, 0) is 6.42 Å². The Balaban J connectivity index is 2.26. The average Bonchev–Trinajstić information content (AvgIpc) is 2.97. The van der Waals surface area contributed by atoms with Gasteiger partial charge in [0.15, 0.2) is 0 Å². The predicted octanol–water partition coefficient (Wildman–Crippen LogP) is 2.58. The fraction of sp³-hybridized carbons (Fsp3) is 0.333. The molecular weight excluding hydrogens is 242 g/mol. The van der Waals surface area contributed by atoms with E-state index in [1.807, 2.05) is 30.3 Å². The summed E-state index contributed by atoms with van der Waals surface area (Å²) < 4.78 is 16.0. The molecule has 0 fully saturated rings. The summed E-state index contributed by atoms with van der Waals surface area (Å²) in [6.07, 6.45) is 2.43. The summed E-state index contributed by atoms with van der Waals surface area (Å²) in [5, 5.41) is 0. The quantitative estimate of drug-likeness (QED) is 0.868. The molecule has 1 atom stereocenters. The molecule has 0 spiro atoms. The van der Waals surface area contributed by atoms with Crippen LogP contribution in [0.15, 0.2) is 41.0 Å². The second-order valence-electron chi connectivity index (χ2n) is 4.32. The second kappa shape index (κ2) is 6.29. The van der Waals surface area contributed by atoms with Crippen LogP contribution in [-0.4, -0.2) is 20.8 Å². The van der Waals surface area contributed by atoms with E-state index in [2.05, 4.69) is 0 Å². The molecule has 2 aromatic rings. The molecule has 0 aliphatic rings. The molecule has 1 aromatic heterocycles. The number of ether oxygens (including phenoxy) is 2. The molecule has 1 heterocycles. The van der Waals surface area contributed by atoms with E-state index in [4.69, 9.17) is 19.6 Å². The van der Waals surface area contributed by atoms with E-state index < -0.39 is 0 Å². The van der Waals surface area contributed by atoms with Crippen molar-refractivity contribution in [2.45, 2.75) is 12.3 Å². The minimum Gasteiger partial charge on any atom is -0.497 e. The van der Waals surface area contributed by atoms with Crippen molar-refractivity contribution in [2.24, 2.45) is 5.73 Å². The molecule has 2 rings (SSSR count). The highest BCUT2D eigenvalue weighted by molar-refractivity contribution is 5.43. The maximum absolute atomic E-state index is 5.89. The number of nitrogens with two attached hydrogens (primary N) is 1. The van der Waals surface area contributed by atoms with Crippen LogP contribution in [0.2, 0.25) is 0 Å². The molecule has 0 aliphatic carbocycles. The van der Waals surface area contributed by atoms with Crippen molar-refractivity contribution in [3.63, 3.8) is 0 Å². The summed E-state index contributed by atoms with van der Waals surface area (Å²) in [4.78, 5) is 0. The van der Waals surface area contributed by atoms with Crippen LogP contribution in [0.1, 0.15) is 17.2 Å². The summed E-state index contributed by atoms with van der Waals surface area (Å²) in [6, 6.07) is 9.63. The SMILES string of the molecule is COc1ccc(C(CN)Cc2ccco2)c(OC)c1. The van der Waals surface area contributed by atoms with Crippen molar-refractivity contribution in [3.05, 3.63) is 47.9 Å². The monoisotopic (exact) mass is 261 g/mol. The first kappa shape index (κ1) is 13.5. The van der Waals surface area contributed by atoms with Crippen molar-refractivity contribution in [1.29, 1.82) is 0 Å². The van der Waals surface area contributed by atoms with Gasteiger partial charge >= 0.3 is 0 Å². The first-order valence-electron chi connectivity index (χ1n) is 6.22. The summed E-state index contributed by atoms with van der Waals surface area (Å²) in [6.45, 7) is 0.531.